The van der Waals surface area contributed by atoms with Crippen LogP contribution in [0.3, 0.4) is 0 Å². The number of unbranched alkanes of at least 4 members (excludes halogenated alkanes) is 1. The second kappa shape index (κ2) is 8.26. The van der Waals surface area contributed by atoms with E-state index in [0.29, 0.717) is 24.9 Å². The smallest absolute Gasteiger partial charge is 0.303 e. The summed E-state index contributed by atoms with van der Waals surface area (Å²) in [4.78, 5) is 22.2. The van der Waals surface area contributed by atoms with Crippen LogP contribution >= 0.6 is 0 Å². The first-order valence-corrected chi connectivity index (χ1v) is 6.37. The molecule has 19 heavy (non-hydrogen) atoms. The predicted octanol–water partition coefficient (Wildman–Crippen LogP) is 1.39. The largest absolute Gasteiger partial charge is 0.481 e. The van der Waals surface area contributed by atoms with Gasteiger partial charge < -0.3 is 15.7 Å². The molecule has 0 aromatic heterocycles. The van der Waals surface area contributed by atoms with Crippen LogP contribution in [-0.4, -0.2) is 30.6 Å². The van der Waals surface area contributed by atoms with Crippen LogP contribution in [0.2, 0.25) is 0 Å². The number of carbonyl (C=O) groups excluding carboxylic acids is 1. The second-order valence-electron chi connectivity index (χ2n) is 4.34. The Labute approximate surface area is 113 Å². The molecule has 104 valence electrons. The van der Waals surface area contributed by atoms with E-state index in [-0.39, 0.29) is 12.3 Å². The molecule has 0 saturated heterocycles. The number of carboxylic acid groups (broad SMARTS) is 1. The third-order valence-electron chi connectivity index (χ3n) is 2.67. The molecule has 0 aliphatic rings. The number of amides is 1. The number of rotatable bonds is 8. The first-order chi connectivity index (χ1) is 9.13. The van der Waals surface area contributed by atoms with Gasteiger partial charge in [0.15, 0.2) is 0 Å². The lowest BCUT2D eigenvalue weighted by molar-refractivity contribution is -0.137. The molecular formula is C14H20N2O3. The van der Waals surface area contributed by atoms with Crippen molar-refractivity contribution < 1.29 is 14.7 Å². The maximum atomic E-state index is 11.9. The van der Waals surface area contributed by atoms with Crippen LogP contribution in [-0.2, 0) is 11.3 Å². The summed E-state index contributed by atoms with van der Waals surface area (Å²) >= 11 is 0. The molecule has 0 bridgehead atoms. The molecule has 0 spiro atoms. The molecule has 0 aliphatic carbocycles. The van der Waals surface area contributed by atoms with Gasteiger partial charge in [0.2, 0.25) is 0 Å². The van der Waals surface area contributed by atoms with E-state index in [9.17, 15) is 9.59 Å². The summed E-state index contributed by atoms with van der Waals surface area (Å²) in [5.74, 6) is -0.917. The Morgan fingerprint density at radius 2 is 2.05 bits per heavy atom. The lowest BCUT2D eigenvalue weighted by Gasteiger charge is -2.06. The van der Waals surface area contributed by atoms with Gasteiger partial charge in [-0.15, -0.1) is 0 Å². The molecule has 5 heteroatoms. The van der Waals surface area contributed by atoms with Crippen molar-refractivity contribution in [1.29, 1.82) is 0 Å². The number of aliphatic carboxylic acids is 1. The molecule has 1 aromatic rings. The molecule has 1 rings (SSSR count). The summed E-state index contributed by atoms with van der Waals surface area (Å²) in [6.07, 6.45) is 1.40. The van der Waals surface area contributed by atoms with E-state index < -0.39 is 5.97 Å². The highest BCUT2D eigenvalue weighted by Crippen LogP contribution is 2.05. The third-order valence-corrected chi connectivity index (χ3v) is 2.67. The van der Waals surface area contributed by atoms with Crippen molar-refractivity contribution in [2.75, 3.05) is 13.6 Å². The van der Waals surface area contributed by atoms with Crippen LogP contribution in [0, 0.1) is 0 Å². The molecule has 0 atom stereocenters. The van der Waals surface area contributed by atoms with Crippen molar-refractivity contribution in [2.24, 2.45) is 0 Å². The SMILES string of the molecule is CNCc1cccc(C(=O)NCCCCC(=O)O)c1. The zero-order valence-electron chi connectivity index (χ0n) is 11.1. The highest BCUT2D eigenvalue weighted by atomic mass is 16.4. The van der Waals surface area contributed by atoms with Crippen LogP contribution in [0.4, 0.5) is 0 Å². The number of benzene rings is 1. The van der Waals surface area contributed by atoms with Crippen molar-refractivity contribution in [3.05, 3.63) is 35.4 Å². The Balaban J connectivity index is 2.36. The summed E-state index contributed by atoms with van der Waals surface area (Å²) in [5.41, 5.74) is 1.69. The van der Waals surface area contributed by atoms with Crippen molar-refractivity contribution in [3.8, 4) is 0 Å². The summed E-state index contributed by atoms with van der Waals surface area (Å²) in [6, 6.07) is 7.43. The molecule has 1 aromatic carbocycles. The second-order valence-corrected chi connectivity index (χ2v) is 4.34. The molecule has 0 aliphatic heterocycles. The highest BCUT2D eigenvalue weighted by Gasteiger charge is 2.05. The Hall–Kier alpha value is -1.88. The zero-order valence-corrected chi connectivity index (χ0v) is 11.1. The average Bonchev–Trinajstić information content (AvgIpc) is 2.38. The lowest BCUT2D eigenvalue weighted by atomic mass is 10.1. The molecule has 0 radical (unpaired) electrons. The molecular weight excluding hydrogens is 244 g/mol. The monoisotopic (exact) mass is 264 g/mol. The minimum atomic E-state index is -0.800. The summed E-state index contributed by atoms with van der Waals surface area (Å²) < 4.78 is 0. The summed E-state index contributed by atoms with van der Waals surface area (Å²) in [6.45, 7) is 1.22. The van der Waals surface area contributed by atoms with Gasteiger partial charge in [-0.05, 0) is 37.6 Å². The average molecular weight is 264 g/mol. The normalized spacial score (nSPS) is 10.2. The van der Waals surface area contributed by atoms with Gasteiger partial charge in [-0.2, -0.15) is 0 Å². The number of carbonyl (C=O) groups is 2. The Kier molecular flexibility index (Phi) is 6.60. The fraction of sp³-hybridized carbons (Fsp3) is 0.429. The Morgan fingerprint density at radius 3 is 2.74 bits per heavy atom. The van der Waals surface area contributed by atoms with Gasteiger partial charge in [-0.3, -0.25) is 9.59 Å². The van der Waals surface area contributed by atoms with Crippen LogP contribution in [0.25, 0.3) is 0 Å². The zero-order chi connectivity index (χ0) is 14.1. The number of carboxylic acids is 1. The minimum Gasteiger partial charge on any atom is -0.481 e. The quantitative estimate of drug-likeness (QED) is 0.620. The van der Waals surface area contributed by atoms with Gasteiger partial charge in [0.05, 0.1) is 0 Å². The number of hydrogen-bond donors (Lipinski definition) is 3. The standard InChI is InChI=1S/C14H20N2O3/c1-15-10-11-5-4-6-12(9-11)14(19)16-8-3-2-7-13(17)18/h4-6,9,15H,2-3,7-8,10H2,1H3,(H,16,19)(H,17,18). The van der Waals surface area contributed by atoms with Crippen molar-refractivity contribution in [3.63, 3.8) is 0 Å². The minimum absolute atomic E-state index is 0.117. The van der Waals surface area contributed by atoms with E-state index in [1.165, 1.54) is 0 Å². The van der Waals surface area contributed by atoms with E-state index in [0.717, 1.165) is 12.1 Å². The first-order valence-electron chi connectivity index (χ1n) is 6.37. The highest BCUT2D eigenvalue weighted by molar-refractivity contribution is 5.94. The Morgan fingerprint density at radius 1 is 1.26 bits per heavy atom. The van der Waals surface area contributed by atoms with Crippen molar-refractivity contribution >= 4 is 11.9 Å². The van der Waals surface area contributed by atoms with E-state index in [2.05, 4.69) is 10.6 Å². The molecule has 0 saturated carbocycles. The lowest BCUT2D eigenvalue weighted by Crippen LogP contribution is -2.24. The predicted molar refractivity (Wildman–Crippen MR) is 73.0 cm³/mol. The van der Waals surface area contributed by atoms with Crippen molar-refractivity contribution in [2.45, 2.75) is 25.8 Å². The Bertz CT molecular complexity index is 432. The van der Waals surface area contributed by atoms with Gasteiger partial charge in [-0.1, -0.05) is 12.1 Å². The van der Waals surface area contributed by atoms with Crippen LogP contribution in [0.15, 0.2) is 24.3 Å². The van der Waals surface area contributed by atoms with Gasteiger partial charge >= 0.3 is 5.97 Å². The van der Waals surface area contributed by atoms with E-state index in [4.69, 9.17) is 5.11 Å². The summed E-state index contributed by atoms with van der Waals surface area (Å²) in [7, 11) is 1.86. The van der Waals surface area contributed by atoms with E-state index >= 15 is 0 Å². The third kappa shape index (κ3) is 6.01. The maximum absolute atomic E-state index is 11.9. The fourth-order valence-corrected chi connectivity index (χ4v) is 1.73. The number of nitrogens with one attached hydrogen (secondary N) is 2. The molecule has 3 N–H and O–H groups in total. The van der Waals surface area contributed by atoms with Crippen molar-refractivity contribution in [1.82, 2.24) is 10.6 Å². The molecule has 5 nitrogen and oxygen atoms in total. The topological polar surface area (TPSA) is 78.4 Å². The van der Waals surface area contributed by atoms with Gasteiger partial charge in [0.25, 0.3) is 5.91 Å². The van der Waals surface area contributed by atoms with Crippen LogP contribution in [0.1, 0.15) is 35.2 Å². The molecule has 1 amide bonds. The fourth-order valence-electron chi connectivity index (χ4n) is 1.73. The van der Waals surface area contributed by atoms with Crippen LogP contribution in [0.5, 0.6) is 0 Å². The summed E-state index contributed by atoms with van der Waals surface area (Å²) in [5, 5.41) is 14.3. The molecule has 0 heterocycles. The van der Waals surface area contributed by atoms with Gasteiger partial charge in [0.1, 0.15) is 0 Å². The van der Waals surface area contributed by atoms with E-state index in [1.54, 1.807) is 6.07 Å². The molecule has 0 fully saturated rings. The first kappa shape index (κ1) is 15.2. The number of hydrogen-bond acceptors (Lipinski definition) is 3. The van der Waals surface area contributed by atoms with Crippen LogP contribution < -0.4 is 10.6 Å². The van der Waals surface area contributed by atoms with E-state index in [1.807, 2.05) is 25.2 Å². The maximum Gasteiger partial charge on any atom is 0.303 e. The van der Waals surface area contributed by atoms with Gasteiger partial charge in [-0.25, -0.2) is 0 Å². The van der Waals surface area contributed by atoms with Gasteiger partial charge in [0, 0.05) is 25.1 Å². The molecule has 0 unspecified atom stereocenters.